The van der Waals surface area contributed by atoms with Crippen molar-refractivity contribution in [3.63, 3.8) is 0 Å². The lowest BCUT2D eigenvalue weighted by atomic mass is 10.0. The molecule has 1 N–H and O–H groups in total. The molecule has 0 radical (unpaired) electrons. The van der Waals surface area contributed by atoms with E-state index >= 15 is 0 Å². The van der Waals surface area contributed by atoms with Crippen molar-refractivity contribution >= 4 is 17.5 Å². The van der Waals surface area contributed by atoms with Crippen molar-refractivity contribution in [2.75, 3.05) is 26.2 Å². The fraction of sp³-hybridized carbons (Fsp3) is 0.588. The Labute approximate surface area is 137 Å². The summed E-state index contributed by atoms with van der Waals surface area (Å²) in [4.78, 5) is 14.5. The van der Waals surface area contributed by atoms with Crippen LogP contribution in [0, 0.1) is 6.92 Å². The highest BCUT2D eigenvalue weighted by Gasteiger charge is 2.24. The third-order valence-electron chi connectivity index (χ3n) is 4.10. The number of hydrogen-bond acceptors (Lipinski definition) is 3. The Morgan fingerprint density at radius 1 is 1.41 bits per heavy atom. The summed E-state index contributed by atoms with van der Waals surface area (Å²) in [6.07, 6.45) is 3.00. The lowest BCUT2D eigenvalue weighted by Crippen LogP contribution is -2.48. The molecule has 0 bridgehead atoms. The number of carbonyl (C=O) groups is 1. The Morgan fingerprint density at radius 3 is 2.82 bits per heavy atom. The van der Waals surface area contributed by atoms with Gasteiger partial charge in [-0.15, -0.1) is 0 Å². The average molecular weight is 325 g/mol. The zero-order valence-corrected chi connectivity index (χ0v) is 14.2. The first-order valence-corrected chi connectivity index (χ1v) is 8.39. The van der Waals surface area contributed by atoms with Gasteiger partial charge in [-0.25, -0.2) is 0 Å². The van der Waals surface area contributed by atoms with E-state index in [1.54, 1.807) is 0 Å². The quantitative estimate of drug-likeness (QED) is 0.874. The van der Waals surface area contributed by atoms with Crippen LogP contribution in [0.15, 0.2) is 18.2 Å². The van der Waals surface area contributed by atoms with E-state index in [0.29, 0.717) is 16.8 Å². The molecular weight excluding hydrogens is 300 g/mol. The van der Waals surface area contributed by atoms with Crippen molar-refractivity contribution < 1.29 is 9.53 Å². The van der Waals surface area contributed by atoms with Gasteiger partial charge < -0.3 is 15.0 Å². The van der Waals surface area contributed by atoms with Crippen LogP contribution in [0.1, 0.15) is 31.7 Å². The molecule has 1 saturated heterocycles. The van der Waals surface area contributed by atoms with Gasteiger partial charge in [0.1, 0.15) is 5.75 Å². The van der Waals surface area contributed by atoms with Gasteiger partial charge in [-0.1, -0.05) is 24.6 Å². The Hall–Kier alpha value is -1.26. The number of nitrogens with one attached hydrogen (secondary N) is 1. The standard InChI is InChI=1S/C17H25ClN2O2/c1-3-11-20(14-7-9-19-10-8-14)17(21)12-22-16-6-4-5-15(18)13(16)2/h4-6,14,19H,3,7-12H2,1-2H3. The summed E-state index contributed by atoms with van der Waals surface area (Å²) in [5, 5.41) is 4.00. The number of benzene rings is 1. The van der Waals surface area contributed by atoms with Gasteiger partial charge in [0.05, 0.1) is 0 Å². The molecule has 4 nitrogen and oxygen atoms in total. The van der Waals surface area contributed by atoms with Crippen LogP contribution in [0.2, 0.25) is 5.02 Å². The maximum absolute atomic E-state index is 12.5. The second-order valence-electron chi connectivity index (χ2n) is 5.72. The molecule has 22 heavy (non-hydrogen) atoms. The highest BCUT2D eigenvalue weighted by Crippen LogP contribution is 2.25. The molecule has 122 valence electrons. The predicted molar refractivity (Wildman–Crippen MR) is 89.6 cm³/mol. The van der Waals surface area contributed by atoms with Crippen LogP contribution < -0.4 is 10.1 Å². The molecule has 0 atom stereocenters. The van der Waals surface area contributed by atoms with Crippen molar-refractivity contribution in [1.29, 1.82) is 0 Å². The number of amides is 1. The Morgan fingerprint density at radius 2 is 2.14 bits per heavy atom. The number of nitrogens with zero attached hydrogens (tertiary/aromatic N) is 1. The highest BCUT2D eigenvalue weighted by atomic mass is 35.5. The second-order valence-corrected chi connectivity index (χ2v) is 6.13. The number of ether oxygens (including phenoxy) is 1. The van der Waals surface area contributed by atoms with Gasteiger partial charge in [0, 0.05) is 23.2 Å². The van der Waals surface area contributed by atoms with E-state index in [1.165, 1.54) is 0 Å². The third-order valence-corrected chi connectivity index (χ3v) is 4.51. The van der Waals surface area contributed by atoms with Crippen LogP contribution in [0.3, 0.4) is 0 Å². The molecule has 1 fully saturated rings. The fourth-order valence-corrected chi connectivity index (χ4v) is 3.00. The zero-order chi connectivity index (χ0) is 15.9. The minimum Gasteiger partial charge on any atom is -0.483 e. The molecule has 1 aliphatic heterocycles. The molecule has 1 aromatic rings. The summed E-state index contributed by atoms with van der Waals surface area (Å²) in [5.41, 5.74) is 0.876. The molecule has 1 heterocycles. The first kappa shape index (κ1) is 17.1. The summed E-state index contributed by atoms with van der Waals surface area (Å²) >= 11 is 6.08. The summed E-state index contributed by atoms with van der Waals surface area (Å²) in [7, 11) is 0. The van der Waals surface area contributed by atoms with Gasteiger partial charge in [-0.05, 0) is 51.4 Å². The SMILES string of the molecule is CCCN(C(=O)COc1cccc(Cl)c1C)C1CCNCC1. The van der Waals surface area contributed by atoms with Crippen LogP contribution in [0.4, 0.5) is 0 Å². The van der Waals surface area contributed by atoms with Gasteiger partial charge in [0.2, 0.25) is 0 Å². The minimum absolute atomic E-state index is 0.0631. The van der Waals surface area contributed by atoms with Gasteiger partial charge in [0.15, 0.2) is 6.61 Å². The normalized spacial score (nSPS) is 15.6. The number of piperidine rings is 1. The first-order chi connectivity index (χ1) is 10.6. The lowest BCUT2D eigenvalue weighted by Gasteiger charge is -2.34. The number of carbonyl (C=O) groups excluding carboxylic acids is 1. The van der Waals surface area contributed by atoms with Crippen molar-refractivity contribution in [1.82, 2.24) is 10.2 Å². The van der Waals surface area contributed by atoms with Crippen molar-refractivity contribution in [2.24, 2.45) is 0 Å². The van der Waals surface area contributed by atoms with E-state index in [4.69, 9.17) is 16.3 Å². The number of rotatable bonds is 6. The van der Waals surface area contributed by atoms with Crippen molar-refractivity contribution in [3.05, 3.63) is 28.8 Å². The Bertz CT molecular complexity index is 501. The first-order valence-electron chi connectivity index (χ1n) is 8.01. The maximum atomic E-state index is 12.5. The molecule has 1 aliphatic rings. The van der Waals surface area contributed by atoms with Crippen molar-refractivity contribution in [3.8, 4) is 5.75 Å². The van der Waals surface area contributed by atoms with E-state index < -0.39 is 0 Å². The monoisotopic (exact) mass is 324 g/mol. The average Bonchev–Trinajstić information content (AvgIpc) is 2.54. The third kappa shape index (κ3) is 4.37. The molecule has 0 aliphatic carbocycles. The van der Waals surface area contributed by atoms with Crippen LogP contribution in [0.25, 0.3) is 0 Å². The number of hydrogen-bond donors (Lipinski definition) is 1. The lowest BCUT2D eigenvalue weighted by molar-refractivity contribution is -0.136. The second kappa shape index (κ2) is 8.39. The van der Waals surface area contributed by atoms with E-state index in [2.05, 4.69) is 12.2 Å². The smallest absolute Gasteiger partial charge is 0.260 e. The van der Waals surface area contributed by atoms with Crippen LogP contribution in [0.5, 0.6) is 5.75 Å². The molecule has 0 unspecified atom stereocenters. The topological polar surface area (TPSA) is 41.6 Å². The minimum atomic E-state index is 0.0631. The maximum Gasteiger partial charge on any atom is 0.260 e. The Balaban J connectivity index is 1.97. The fourth-order valence-electron chi connectivity index (χ4n) is 2.84. The van der Waals surface area contributed by atoms with Gasteiger partial charge >= 0.3 is 0 Å². The largest absolute Gasteiger partial charge is 0.483 e. The molecule has 0 saturated carbocycles. The molecule has 5 heteroatoms. The van der Waals surface area contributed by atoms with Crippen LogP contribution >= 0.6 is 11.6 Å². The Kier molecular flexibility index (Phi) is 6.52. The molecule has 0 aromatic heterocycles. The van der Waals surface area contributed by atoms with E-state index in [9.17, 15) is 4.79 Å². The van der Waals surface area contributed by atoms with Gasteiger partial charge in [-0.2, -0.15) is 0 Å². The summed E-state index contributed by atoms with van der Waals surface area (Å²) in [6, 6.07) is 5.84. The van der Waals surface area contributed by atoms with Crippen LogP contribution in [-0.4, -0.2) is 43.1 Å². The molecule has 1 aromatic carbocycles. The molecule has 0 spiro atoms. The van der Waals surface area contributed by atoms with E-state index in [0.717, 1.165) is 44.5 Å². The van der Waals surface area contributed by atoms with Crippen molar-refractivity contribution in [2.45, 2.75) is 39.2 Å². The molecular formula is C17H25ClN2O2. The van der Waals surface area contributed by atoms with Gasteiger partial charge in [0.25, 0.3) is 5.91 Å². The van der Waals surface area contributed by atoms with Gasteiger partial charge in [-0.3, -0.25) is 4.79 Å². The summed E-state index contributed by atoms with van der Waals surface area (Å²) in [5.74, 6) is 0.746. The van der Waals surface area contributed by atoms with E-state index in [1.807, 2.05) is 30.0 Å². The number of halogens is 1. The summed E-state index contributed by atoms with van der Waals surface area (Å²) in [6.45, 7) is 6.83. The molecule has 2 rings (SSSR count). The highest BCUT2D eigenvalue weighted by molar-refractivity contribution is 6.31. The summed E-state index contributed by atoms with van der Waals surface area (Å²) < 4.78 is 5.71. The zero-order valence-electron chi connectivity index (χ0n) is 13.4. The molecule has 1 amide bonds. The predicted octanol–water partition coefficient (Wildman–Crippen LogP) is 3.02. The van der Waals surface area contributed by atoms with Crippen LogP contribution in [-0.2, 0) is 4.79 Å². The van der Waals surface area contributed by atoms with E-state index in [-0.39, 0.29) is 12.5 Å².